The number of hydrogen-bond donors (Lipinski definition) is 2. The topological polar surface area (TPSA) is 49.3 Å². The Hall–Kier alpha value is -1.51. The van der Waals surface area contributed by atoms with Gasteiger partial charge >= 0.3 is 5.97 Å². The van der Waals surface area contributed by atoms with Gasteiger partial charge in [-0.3, -0.25) is 4.79 Å². The number of carbonyl (C=O) groups is 1. The highest BCUT2D eigenvalue weighted by Gasteiger charge is 2.05. The van der Waals surface area contributed by atoms with Gasteiger partial charge in [-0.15, -0.1) is 0 Å². The van der Waals surface area contributed by atoms with Crippen LogP contribution in [0.2, 0.25) is 0 Å². The summed E-state index contributed by atoms with van der Waals surface area (Å²) in [7, 11) is 0. The summed E-state index contributed by atoms with van der Waals surface area (Å²) in [6.45, 7) is 5.27. The average Bonchev–Trinajstić information content (AvgIpc) is 2.42. The van der Waals surface area contributed by atoms with Gasteiger partial charge in [-0.1, -0.05) is 38.5 Å². The average molecular weight is 263 g/mol. The molecule has 0 heterocycles. The number of carboxylic acid groups (broad SMARTS) is 1. The fourth-order valence-electron chi connectivity index (χ4n) is 2.26. The molecule has 3 heteroatoms. The molecule has 0 saturated carbocycles. The zero-order valence-electron chi connectivity index (χ0n) is 12.0. The van der Waals surface area contributed by atoms with E-state index >= 15 is 0 Å². The molecule has 2 N–H and O–H groups in total. The van der Waals surface area contributed by atoms with Gasteiger partial charge in [-0.05, 0) is 36.8 Å². The molecule has 3 nitrogen and oxygen atoms in total. The lowest BCUT2D eigenvalue weighted by molar-refractivity contribution is -0.137. The zero-order chi connectivity index (χ0) is 14.1. The third-order valence-electron chi connectivity index (χ3n) is 3.37. The van der Waals surface area contributed by atoms with E-state index in [-0.39, 0.29) is 6.42 Å². The molecule has 1 aromatic carbocycles. The molecule has 106 valence electrons. The summed E-state index contributed by atoms with van der Waals surface area (Å²) < 4.78 is 0. The van der Waals surface area contributed by atoms with Crippen LogP contribution in [0.15, 0.2) is 18.2 Å². The Morgan fingerprint density at radius 1 is 1.11 bits per heavy atom. The highest BCUT2D eigenvalue weighted by Crippen LogP contribution is 2.22. The molecule has 0 bridgehead atoms. The van der Waals surface area contributed by atoms with Gasteiger partial charge in [0.05, 0.1) is 0 Å². The molecule has 0 spiro atoms. The van der Waals surface area contributed by atoms with Crippen LogP contribution in [-0.4, -0.2) is 17.6 Å². The first-order valence-corrected chi connectivity index (χ1v) is 7.25. The Kier molecular flexibility index (Phi) is 7.01. The van der Waals surface area contributed by atoms with Crippen LogP contribution in [0.25, 0.3) is 0 Å². The van der Waals surface area contributed by atoms with Crippen LogP contribution in [0, 0.1) is 0 Å². The van der Waals surface area contributed by atoms with Crippen molar-refractivity contribution in [3.8, 4) is 0 Å². The van der Waals surface area contributed by atoms with Crippen molar-refractivity contribution in [2.45, 2.75) is 52.4 Å². The van der Waals surface area contributed by atoms with Crippen LogP contribution in [0.1, 0.15) is 50.7 Å². The molecule has 1 rings (SSSR count). The van der Waals surface area contributed by atoms with Gasteiger partial charge in [0, 0.05) is 18.7 Å². The number of anilines is 1. The monoisotopic (exact) mass is 263 g/mol. The van der Waals surface area contributed by atoms with Crippen LogP contribution in [0.3, 0.4) is 0 Å². The Balaban J connectivity index is 2.41. The van der Waals surface area contributed by atoms with E-state index in [4.69, 9.17) is 5.11 Å². The molecule has 0 aliphatic heterocycles. The smallest absolute Gasteiger partial charge is 0.303 e. The van der Waals surface area contributed by atoms with Crippen molar-refractivity contribution in [2.75, 3.05) is 11.9 Å². The first-order chi connectivity index (χ1) is 9.19. The minimum absolute atomic E-state index is 0.283. The number of nitrogens with one attached hydrogen (secondary N) is 1. The first-order valence-electron chi connectivity index (χ1n) is 7.25. The van der Waals surface area contributed by atoms with E-state index in [1.807, 2.05) is 0 Å². The molecule has 0 atom stereocenters. The number of carboxylic acids is 1. The van der Waals surface area contributed by atoms with Gasteiger partial charge in [0.1, 0.15) is 0 Å². The fraction of sp³-hybridized carbons (Fsp3) is 0.562. The summed E-state index contributed by atoms with van der Waals surface area (Å²) in [5, 5.41) is 12.1. The minimum Gasteiger partial charge on any atom is -0.481 e. The van der Waals surface area contributed by atoms with Crippen LogP contribution in [-0.2, 0) is 17.6 Å². The van der Waals surface area contributed by atoms with Gasteiger partial charge < -0.3 is 10.4 Å². The SMILES string of the molecule is CCc1cccc(CC)c1NCCCCCC(=O)O. The number of unbranched alkanes of at least 4 members (excludes halogenated alkanes) is 2. The van der Waals surface area contributed by atoms with Crippen molar-refractivity contribution >= 4 is 11.7 Å². The predicted molar refractivity (Wildman–Crippen MR) is 79.8 cm³/mol. The lowest BCUT2D eigenvalue weighted by atomic mass is 10.0. The lowest BCUT2D eigenvalue weighted by Crippen LogP contribution is -2.07. The second kappa shape index (κ2) is 8.57. The van der Waals surface area contributed by atoms with Crippen molar-refractivity contribution in [2.24, 2.45) is 0 Å². The maximum Gasteiger partial charge on any atom is 0.303 e. The van der Waals surface area contributed by atoms with Gasteiger partial charge in [0.2, 0.25) is 0 Å². The predicted octanol–water partition coefficient (Wildman–Crippen LogP) is 3.87. The van der Waals surface area contributed by atoms with Crippen LogP contribution >= 0.6 is 0 Å². The Labute approximate surface area is 116 Å². The summed E-state index contributed by atoms with van der Waals surface area (Å²) in [6.07, 6.45) is 5.12. The number of aryl methyl sites for hydroxylation is 2. The third-order valence-corrected chi connectivity index (χ3v) is 3.37. The molecular weight excluding hydrogens is 238 g/mol. The van der Waals surface area contributed by atoms with E-state index in [0.717, 1.165) is 38.6 Å². The van der Waals surface area contributed by atoms with Crippen molar-refractivity contribution in [3.63, 3.8) is 0 Å². The van der Waals surface area contributed by atoms with Gasteiger partial charge in [-0.2, -0.15) is 0 Å². The van der Waals surface area contributed by atoms with Gasteiger partial charge in [0.25, 0.3) is 0 Å². The largest absolute Gasteiger partial charge is 0.481 e. The molecular formula is C16H25NO2. The van der Waals surface area contributed by atoms with Gasteiger partial charge in [0.15, 0.2) is 0 Å². The molecule has 0 saturated heterocycles. The zero-order valence-corrected chi connectivity index (χ0v) is 12.0. The number of aliphatic carboxylic acids is 1. The summed E-state index contributed by atoms with van der Waals surface area (Å²) >= 11 is 0. The van der Waals surface area contributed by atoms with Gasteiger partial charge in [-0.25, -0.2) is 0 Å². The molecule has 0 aliphatic carbocycles. The maximum atomic E-state index is 10.4. The van der Waals surface area contributed by atoms with Crippen LogP contribution < -0.4 is 5.32 Å². The van der Waals surface area contributed by atoms with E-state index < -0.39 is 5.97 Å². The third kappa shape index (κ3) is 5.33. The minimum atomic E-state index is -0.697. The van der Waals surface area contributed by atoms with E-state index in [9.17, 15) is 4.79 Å². The Morgan fingerprint density at radius 3 is 2.26 bits per heavy atom. The van der Waals surface area contributed by atoms with Crippen LogP contribution in [0.5, 0.6) is 0 Å². The van der Waals surface area contributed by atoms with E-state index in [1.165, 1.54) is 16.8 Å². The summed E-state index contributed by atoms with van der Waals surface area (Å²) in [4.78, 5) is 10.4. The number of para-hydroxylation sites is 1. The summed E-state index contributed by atoms with van der Waals surface area (Å²) in [5.74, 6) is -0.697. The number of benzene rings is 1. The van der Waals surface area contributed by atoms with Crippen molar-refractivity contribution in [1.82, 2.24) is 0 Å². The molecule has 19 heavy (non-hydrogen) atoms. The van der Waals surface area contributed by atoms with E-state index in [2.05, 4.69) is 37.4 Å². The fourth-order valence-corrected chi connectivity index (χ4v) is 2.26. The van der Waals surface area contributed by atoms with Crippen molar-refractivity contribution in [1.29, 1.82) is 0 Å². The molecule has 0 fully saturated rings. The molecule has 0 amide bonds. The highest BCUT2D eigenvalue weighted by molar-refractivity contribution is 5.66. The number of hydrogen-bond acceptors (Lipinski definition) is 2. The molecule has 0 aromatic heterocycles. The molecule has 0 unspecified atom stereocenters. The van der Waals surface area contributed by atoms with Crippen LogP contribution in [0.4, 0.5) is 5.69 Å². The lowest BCUT2D eigenvalue weighted by Gasteiger charge is -2.15. The Bertz CT molecular complexity index is 379. The first kappa shape index (κ1) is 15.5. The molecule has 0 radical (unpaired) electrons. The second-order valence-electron chi connectivity index (χ2n) is 4.79. The maximum absolute atomic E-state index is 10.4. The second-order valence-corrected chi connectivity index (χ2v) is 4.79. The number of rotatable bonds is 9. The molecule has 1 aromatic rings. The summed E-state index contributed by atoms with van der Waals surface area (Å²) in [5.41, 5.74) is 4.01. The van der Waals surface area contributed by atoms with Crippen molar-refractivity contribution in [3.05, 3.63) is 29.3 Å². The highest BCUT2D eigenvalue weighted by atomic mass is 16.4. The van der Waals surface area contributed by atoms with Crippen molar-refractivity contribution < 1.29 is 9.90 Å². The van der Waals surface area contributed by atoms with E-state index in [1.54, 1.807) is 0 Å². The quantitative estimate of drug-likeness (QED) is 0.665. The molecule has 0 aliphatic rings. The van der Waals surface area contributed by atoms with E-state index in [0.29, 0.717) is 0 Å². The summed E-state index contributed by atoms with van der Waals surface area (Å²) in [6, 6.07) is 6.47. The normalized spacial score (nSPS) is 10.4. The standard InChI is InChI=1S/C16H25NO2/c1-3-13-9-8-10-14(4-2)16(13)17-12-7-5-6-11-15(18)19/h8-10,17H,3-7,11-12H2,1-2H3,(H,18,19). The Morgan fingerprint density at radius 2 is 1.74 bits per heavy atom.